The Morgan fingerprint density at radius 3 is 2.35 bits per heavy atom. The molecule has 3 nitrogen and oxygen atoms in total. The van der Waals surface area contributed by atoms with Gasteiger partial charge in [-0.05, 0) is 69.9 Å². The summed E-state index contributed by atoms with van der Waals surface area (Å²) >= 11 is 0. The average molecular weight is 325 g/mol. The molecule has 4 atom stereocenters. The first-order chi connectivity index (χ1) is 10.6. The molecule has 0 spiro atoms. The Labute approximate surface area is 142 Å². The van der Waals surface area contributed by atoms with Crippen LogP contribution >= 0.6 is 0 Å². The van der Waals surface area contributed by atoms with E-state index < -0.39 is 5.41 Å². The molecule has 0 saturated heterocycles. The van der Waals surface area contributed by atoms with Gasteiger partial charge in [0.2, 0.25) is 0 Å². The molecule has 1 saturated carbocycles. The zero-order valence-electron chi connectivity index (χ0n) is 16.1. The third kappa shape index (κ3) is 5.95. The fourth-order valence-corrected chi connectivity index (χ4v) is 3.53. The quantitative estimate of drug-likeness (QED) is 0.594. The van der Waals surface area contributed by atoms with Gasteiger partial charge in [0.05, 0.1) is 12.0 Å². The second-order valence-corrected chi connectivity index (χ2v) is 8.78. The summed E-state index contributed by atoms with van der Waals surface area (Å²) < 4.78 is 5.93. The van der Waals surface area contributed by atoms with Crippen LogP contribution in [-0.4, -0.2) is 23.8 Å². The van der Waals surface area contributed by atoms with Crippen LogP contribution in [0.1, 0.15) is 67.7 Å². The third-order valence-corrected chi connectivity index (χ3v) is 5.05. The number of rotatable bonds is 5. The molecular formula is C20H36O3. The minimum atomic E-state index is -0.507. The third-order valence-electron chi connectivity index (χ3n) is 5.05. The van der Waals surface area contributed by atoms with E-state index in [4.69, 9.17) is 4.74 Å². The smallest absolute Gasteiger partial charge is 0.311 e. The first-order valence-corrected chi connectivity index (χ1v) is 9.05. The van der Waals surface area contributed by atoms with Crippen molar-refractivity contribution < 1.29 is 14.6 Å². The molecule has 0 aromatic carbocycles. The molecule has 1 N–H and O–H groups in total. The minimum Gasteiger partial charge on any atom is -0.457 e. The van der Waals surface area contributed by atoms with E-state index in [1.165, 1.54) is 12.8 Å². The number of ether oxygens (including phenoxy) is 1. The van der Waals surface area contributed by atoms with E-state index in [0.29, 0.717) is 23.7 Å². The summed E-state index contributed by atoms with van der Waals surface area (Å²) in [7, 11) is 0. The van der Waals surface area contributed by atoms with Crippen LogP contribution < -0.4 is 0 Å². The van der Waals surface area contributed by atoms with E-state index in [1.807, 2.05) is 33.8 Å². The summed E-state index contributed by atoms with van der Waals surface area (Å²) in [5.41, 5.74) is 0.366. The van der Waals surface area contributed by atoms with Crippen molar-refractivity contribution in [2.75, 3.05) is 6.61 Å². The van der Waals surface area contributed by atoms with Crippen molar-refractivity contribution in [1.82, 2.24) is 0 Å². The predicted molar refractivity (Wildman–Crippen MR) is 95.0 cm³/mol. The summed E-state index contributed by atoms with van der Waals surface area (Å²) in [6.07, 6.45) is 5.27. The first kappa shape index (κ1) is 20.2. The largest absolute Gasteiger partial charge is 0.457 e. The fraction of sp³-hybridized carbons (Fsp3) is 0.850. The number of aliphatic hydroxyl groups is 1. The maximum atomic E-state index is 12.4. The van der Waals surface area contributed by atoms with E-state index >= 15 is 0 Å². The van der Waals surface area contributed by atoms with Crippen molar-refractivity contribution in [2.45, 2.75) is 73.8 Å². The van der Waals surface area contributed by atoms with Gasteiger partial charge >= 0.3 is 5.97 Å². The lowest BCUT2D eigenvalue weighted by Crippen LogP contribution is -2.39. The van der Waals surface area contributed by atoms with Crippen LogP contribution in [0.3, 0.4) is 0 Å². The predicted octanol–water partition coefficient (Wildman–Crippen LogP) is 4.59. The Morgan fingerprint density at radius 1 is 1.26 bits per heavy atom. The molecule has 0 unspecified atom stereocenters. The Balaban J connectivity index is 3.07. The Morgan fingerprint density at radius 2 is 1.87 bits per heavy atom. The summed E-state index contributed by atoms with van der Waals surface area (Å²) in [6.45, 7) is 14.4. The van der Waals surface area contributed by atoms with Crippen molar-refractivity contribution in [3.63, 3.8) is 0 Å². The van der Waals surface area contributed by atoms with Crippen LogP contribution in [0.2, 0.25) is 0 Å². The molecule has 0 bridgehead atoms. The van der Waals surface area contributed by atoms with Crippen molar-refractivity contribution >= 4 is 5.97 Å². The molecule has 0 aromatic heterocycles. The molecule has 0 radical (unpaired) electrons. The van der Waals surface area contributed by atoms with Crippen molar-refractivity contribution in [3.05, 3.63) is 11.6 Å². The van der Waals surface area contributed by atoms with Gasteiger partial charge in [-0.3, -0.25) is 4.79 Å². The topological polar surface area (TPSA) is 46.5 Å². The molecule has 23 heavy (non-hydrogen) atoms. The monoisotopic (exact) mass is 324 g/mol. The number of carbonyl (C=O) groups is 1. The maximum absolute atomic E-state index is 12.4. The normalized spacial score (nSPS) is 27.9. The van der Waals surface area contributed by atoms with Gasteiger partial charge in [0.15, 0.2) is 0 Å². The molecule has 134 valence electrons. The average Bonchev–Trinajstić information content (AvgIpc) is 2.44. The number of hydrogen-bond donors (Lipinski definition) is 1. The molecule has 0 aliphatic heterocycles. The van der Waals surface area contributed by atoms with E-state index in [0.717, 1.165) is 12.0 Å². The van der Waals surface area contributed by atoms with Crippen LogP contribution in [0.25, 0.3) is 0 Å². The zero-order valence-corrected chi connectivity index (χ0v) is 16.1. The highest BCUT2D eigenvalue weighted by atomic mass is 16.5. The van der Waals surface area contributed by atoms with Gasteiger partial charge in [0.1, 0.15) is 6.10 Å². The highest BCUT2D eigenvalue weighted by Crippen LogP contribution is 2.41. The lowest BCUT2D eigenvalue weighted by molar-refractivity contribution is -0.161. The molecule has 1 aliphatic carbocycles. The summed E-state index contributed by atoms with van der Waals surface area (Å²) in [5.74, 6) is 1.98. The molecule has 0 amide bonds. The summed E-state index contributed by atoms with van der Waals surface area (Å²) in [5, 5.41) is 9.39. The van der Waals surface area contributed by atoms with E-state index in [2.05, 4.69) is 20.8 Å². The van der Waals surface area contributed by atoms with Gasteiger partial charge in [-0.1, -0.05) is 27.2 Å². The van der Waals surface area contributed by atoms with Crippen LogP contribution in [0.15, 0.2) is 11.6 Å². The van der Waals surface area contributed by atoms with Gasteiger partial charge in [0.25, 0.3) is 0 Å². The summed E-state index contributed by atoms with van der Waals surface area (Å²) in [4.78, 5) is 12.4. The van der Waals surface area contributed by atoms with Gasteiger partial charge in [0, 0.05) is 5.92 Å². The maximum Gasteiger partial charge on any atom is 0.311 e. The van der Waals surface area contributed by atoms with Crippen molar-refractivity contribution in [2.24, 2.45) is 29.1 Å². The fourth-order valence-electron chi connectivity index (χ4n) is 3.53. The van der Waals surface area contributed by atoms with Crippen LogP contribution in [-0.2, 0) is 9.53 Å². The number of carbonyl (C=O) groups excluding carboxylic acids is 1. The van der Waals surface area contributed by atoms with Gasteiger partial charge in [-0.25, -0.2) is 0 Å². The Bertz CT molecular complexity index is 417. The number of esters is 1. The van der Waals surface area contributed by atoms with E-state index in [-0.39, 0.29) is 18.7 Å². The van der Waals surface area contributed by atoms with Gasteiger partial charge in [-0.2, -0.15) is 0 Å². The Kier molecular flexibility index (Phi) is 7.31. The number of hydrogen-bond acceptors (Lipinski definition) is 3. The molecule has 0 heterocycles. The number of aliphatic hydroxyl groups excluding tert-OH is 1. The molecular weight excluding hydrogens is 288 g/mol. The standard InChI is InChI=1S/C20H36O3/c1-13(2)16-9-8-14(3)10-17(16)18(11-15(4)12-21)23-19(22)20(5,6)7/h11,13-14,16-18,21H,8-10,12H2,1-7H3/b15-11+/t14-,16+,17-,18+/m1/s1. The molecule has 0 aromatic rings. The summed E-state index contributed by atoms with van der Waals surface area (Å²) in [6, 6.07) is 0. The second kappa shape index (κ2) is 8.32. The highest BCUT2D eigenvalue weighted by molar-refractivity contribution is 5.75. The molecule has 1 rings (SSSR count). The molecule has 3 heteroatoms. The van der Waals surface area contributed by atoms with Gasteiger partial charge in [-0.15, -0.1) is 0 Å². The van der Waals surface area contributed by atoms with Gasteiger partial charge < -0.3 is 9.84 Å². The zero-order chi connectivity index (χ0) is 17.8. The van der Waals surface area contributed by atoms with Crippen LogP contribution in [0.5, 0.6) is 0 Å². The minimum absolute atomic E-state index is 0.0121. The van der Waals surface area contributed by atoms with Crippen molar-refractivity contribution in [3.8, 4) is 0 Å². The molecule has 1 aliphatic rings. The van der Waals surface area contributed by atoms with Crippen LogP contribution in [0.4, 0.5) is 0 Å². The highest BCUT2D eigenvalue weighted by Gasteiger charge is 2.38. The van der Waals surface area contributed by atoms with Crippen LogP contribution in [0, 0.1) is 29.1 Å². The lowest BCUT2D eigenvalue weighted by atomic mass is 9.68. The first-order valence-electron chi connectivity index (χ1n) is 9.05. The van der Waals surface area contributed by atoms with Crippen molar-refractivity contribution in [1.29, 1.82) is 0 Å². The SMILES string of the molecule is C/C(=C\[C@H](OC(=O)C(C)(C)C)[C@@H]1C[C@H](C)CC[C@H]1C(C)C)CO. The lowest BCUT2D eigenvalue weighted by Gasteiger charge is -2.41. The Hall–Kier alpha value is -0.830. The molecule has 1 fully saturated rings. The van der Waals surface area contributed by atoms with E-state index in [9.17, 15) is 9.90 Å². The van der Waals surface area contributed by atoms with E-state index in [1.54, 1.807) is 0 Å². The second-order valence-electron chi connectivity index (χ2n) is 8.78.